The van der Waals surface area contributed by atoms with Gasteiger partial charge in [-0.3, -0.25) is 9.78 Å². The fourth-order valence-corrected chi connectivity index (χ4v) is 4.40. The summed E-state index contributed by atoms with van der Waals surface area (Å²) in [7, 11) is 0. The van der Waals surface area contributed by atoms with E-state index in [4.69, 9.17) is 4.74 Å². The number of carbonyl (C=O) groups is 1. The Bertz CT molecular complexity index is 1110. The molecule has 0 atom stereocenters. The van der Waals surface area contributed by atoms with Gasteiger partial charge in [0.25, 0.3) is 0 Å². The summed E-state index contributed by atoms with van der Waals surface area (Å²) in [5.74, 6) is 0.769. The van der Waals surface area contributed by atoms with Crippen molar-refractivity contribution in [1.29, 1.82) is 0 Å². The van der Waals surface area contributed by atoms with Crippen molar-refractivity contribution in [3.8, 4) is 27.6 Å². The summed E-state index contributed by atoms with van der Waals surface area (Å²) in [5.41, 5.74) is 3.69. The van der Waals surface area contributed by atoms with E-state index in [0.717, 1.165) is 38.3 Å². The van der Waals surface area contributed by atoms with Crippen molar-refractivity contribution in [1.82, 2.24) is 20.3 Å². The highest BCUT2D eigenvalue weighted by atomic mass is 32.1. The van der Waals surface area contributed by atoms with Crippen LogP contribution in [-0.2, 0) is 17.8 Å². The number of ether oxygens (including phenoxy) is 1. The van der Waals surface area contributed by atoms with Crippen LogP contribution in [-0.4, -0.2) is 27.5 Å². The van der Waals surface area contributed by atoms with Crippen molar-refractivity contribution in [2.45, 2.75) is 19.9 Å². The number of hydrogen-bond acceptors (Lipinski definition) is 7. The maximum absolute atomic E-state index is 12.3. The fraction of sp³-hybridized carbons (Fsp3) is 0.182. The minimum absolute atomic E-state index is 0.0702. The number of rotatable bonds is 8. The summed E-state index contributed by atoms with van der Waals surface area (Å²) in [6.07, 6.45) is 3.73. The second kappa shape index (κ2) is 9.60. The van der Waals surface area contributed by atoms with E-state index in [1.54, 1.807) is 12.4 Å². The van der Waals surface area contributed by atoms with Gasteiger partial charge in [-0.2, -0.15) is 0 Å². The lowest BCUT2D eigenvalue weighted by atomic mass is 10.2. The normalized spacial score (nSPS) is 10.7. The molecule has 152 valence electrons. The van der Waals surface area contributed by atoms with E-state index in [1.165, 1.54) is 22.7 Å². The molecule has 0 saturated heterocycles. The Kier molecular flexibility index (Phi) is 6.46. The third-order valence-electron chi connectivity index (χ3n) is 4.27. The number of pyridine rings is 1. The third-order valence-corrected chi connectivity index (χ3v) is 6.06. The molecular formula is C22H20N4O2S2. The Hall–Kier alpha value is -3.10. The quantitative estimate of drug-likeness (QED) is 0.437. The van der Waals surface area contributed by atoms with E-state index >= 15 is 0 Å². The number of nitrogens with one attached hydrogen (secondary N) is 1. The molecule has 0 radical (unpaired) electrons. The van der Waals surface area contributed by atoms with Crippen LogP contribution in [0.1, 0.15) is 17.6 Å². The van der Waals surface area contributed by atoms with Gasteiger partial charge in [-0.15, -0.1) is 22.7 Å². The summed E-state index contributed by atoms with van der Waals surface area (Å²) >= 11 is 3.06. The SMILES string of the molecule is CCOc1ccc(-c2nc(CC(=O)NCc3nc(-c4ccncc4)cs3)cs2)cc1. The summed E-state index contributed by atoms with van der Waals surface area (Å²) in [5, 5.41) is 8.60. The number of thiazole rings is 2. The largest absolute Gasteiger partial charge is 0.494 e. The first-order chi connectivity index (χ1) is 14.7. The highest BCUT2D eigenvalue weighted by molar-refractivity contribution is 7.13. The number of aromatic nitrogens is 3. The molecule has 3 aromatic heterocycles. The highest BCUT2D eigenvalue weighted by Gasteiger charge is 2.11. The van der Waals surface area contributed by atoms with Crippen molar-refractivity contribution in [3.63, 3.8) is 0 Å². The van der Waals surface area contributed by atoms with Crippen molar-refractivity contribution in [2.24, 2.45) is 0 Å². The molecule has 0 unspecified atom stereocenters. The molecule has 8 heteroatoms. The van der Waals surface area contributed by atoms with Crippen LogP contribution in [0.5, 0.6) is 5.75 Å². The summed E-state index contributed by atoms with van der Waals surface area (Å²) in [4.78, 5) is 25.5. The monoisotopic (exact) mass is 436 g/mol. The average Bonchev–Trinajstić information content (AvgIpc) is 3.44. The van der Waals surface area contributed by atoms with Crippen LogP contribution in [0.2, 0.25) is 0 Å². The van der Waals surface area contributed by atoms with Crippen molar-refractivity contribution >= 4 is 28.6 Å². The number of nitrogens with zero attached hydrogens (tertiary/aromatic N) is 3. The molecule has 0 aliphatic carbocycles. The van der Waals surface area contributed by atoms with Gasteiger partial charge in [0.2, 0.25) is 5.91 Å². The second-order valence-corrected chi connectivity index (χ2v) is 8.22. The number of amides is 1. The lowest BCUT2D eigenvalue weighted by Crippen LogP contribution is -2.24. The molecular weight excluding hydrogens is 416 g/mol. The van der Waals surface area contributed by atoms with E-state index in [1.807, 2.05) is 54.1 Å². The molecule has 0 spiro atoms. The predicted molar refractivity (Wildman–Crippen MR) is 120 cm³/mol. The molecule has 1 N–H and O–H groups in total. The van der Waals surface area contributed by atoms with Gasteiger partial charge in [-0.1, -0.05) is 0 Å². The Balaban J connectivity index is 1.31. The van der Waals surface area contributed by atoms with E-state index in [0.29, 0.717) is 13.2 Å². The number of hydrogen-bond donors (Lipinski definition) is 1. The Morgan fingerprint density at radius 1 is 1.00 bits per heavy atom. The summed E-state index contributed by atoms with van der Waals surface area (Å²) in [6.45, 7) is 3.01. The lowest BCUT2D eigenvalue weighted by molar-refractivity contribution is -0.120. The molecule has 6 nitrogen and oxygen atoms in total. The molecule has 1 amide bonds. The van der Waals surface area contributed by atoms with Crippen LogP contribution in [0.25, 0.3) is 21.8 Å². The average molecular weight is 437 g/mol. The smallest absolute Gasteiger partial charge is 0.226 e. The first-order valence-corrected chi connectivity index (χ1v) is 11.3. The van der Waals surface area contributed by atoms with Crippen LogP contribution < -0.4 is 10.1 Å². The van der Waals surface area contributed by atoms with Crippen LogP contribution in [0.3, 0.4) is 0 Å². The molecule has 0 aliphatic rings. The number of carbonyl (C=O) groups excluding carboxylic acids is 1. The maximum atomic E-state index is 12.3. The van der Waals surface area contributed by atoms with E-state index in [9.17, 15) is 4.79 Å². The zero-order chi connectivity index (χ0) is 20.8. The molecule has 0 aliphatic heterocycles. The zero-order valence-corrected chi connectivity index (χ0v) is 18.0. The first kappa shape index (κ1) is 20.2. The van der Waals surface area contributed by atoms with Gasteiger partial charge in [0.05, 0.1) is 31.0 Å². The van der Waals surface area contributed by atoms with Gasteiger partial charge in [0.15, 0.2) is 0 Å². The van der Waals surface area contributed by atoms with Gasteiger partial charge < -0.3 is 10.1 Å². The minimum atomic E-state index is -0.0702. The van der Waals surface area contributed by atoms with Crippen LogP contribution in [0.15, 0.2) is 59.6 Å². The van der Waals surface area contributed by atoms with Gasteiger partial charge in [-0.25, -0.2) is 9.97 Å². The van der Waals surface area contributed by atoms with Gasteiger partial charge in [0, 0.05) is 34.3 Å². The van der Waals surface area contributed by atoms with Gasteiger partial charge >= 0.3 is 0 Å². The fourth-order valence-electron chi connectivity index (χ4n) is 2.83. The maximum Gasteiger partial charge on any atom is 0.226 e. The Labute approximate surface area is 182 Å². The lowest BCUT2D eigenvalue weighted by Gasteiger charge is -2.03. The second-order valence-electron chi connectivity index (χ2n) is 6.42. The van der Waals surface area contributed by atoms with Crippen LogP contribution in [0, 0.1) is 0 Å². The van der Waals surface area contributed by atoms with Crippen molar-refractivity contribution < 1.29 is 9.53 Å². The molecule has 0 saturated carbocycles. The van der Waals surface area contributed by atoms with E-state index in [-0.39, 0.29) is 12.3 Å². The zero-order valence-electron chi connectivity index (χ0n) is 16.4. The van der Waals surface area contributed by atoms with Gasteiger partial charge in [0.1, 0.15) is 15.8 Å². The molecule has 4 rings (SSSR count). The Morgan fingerprint density at radius 2 is 1.80 bits per heavy atom. The molecule has 0 fully saturated rings. The molecule has 30 heavy (non-hydrogen) atoms. The number of benzene rings is 1. The molecule has 1 aromatic carbocycles. The molecule has 4 aromatic rings. The van der Waals surface area contributed by atoms with E-state index in [2.05, 4.69) is 20.3 Å². The highest BCUT2D eigenvalue weighted by Crippen LogP contribution is 2.26. The van der Waals surface area contributed by atoms with E-state index < -0.39 is 0 Å². The van der Waals surface area contributed by atoms with Crippen molar-refractivity contribution in [3.05, 3.63) is 70.3 Å². The van der Waals surface area contributed by atoms with Crippen molar-refractivity contribution in [2.75, 3.05) is 6.61 Å². The molecule has 3 heterocycles. The van der Waals surface area contributed by atoms with Crippen LogP contribution in [0.4, 0.5) is 0 Å². The predicted octanol–water partition coefficient (Wildman–Crippen LogP) is 4.59. The topological polar surface area (TPSA) is 77.0 Å². The van der Waals surface area contributed by atoms with Gasteiger partial charge in [-0.05, 0) is 43.3 Å². The van der Waals surface area contributed by atoms with Crippen LogP contribution >= 0.6 is 22.7 Å². The third kappa shape index (κ3) is 5.08. The summed E-state index contributed by atoms with van der Waals surface area (Å²) < 4.78 is 5.47. The standard InChI is InChI=1S/C22H20N4O2S2/c1-2-28-18-5-3-16(4-6-18)22-25-17(13-30-22)11-20(27)24-12-21-26-19(14-29-21)15-7-9-23-10-8-15/h3-10,13-14H,2,11-12H2,1H3,(H,24,27). The first-order valence-electron chi connectivity index (χ1n) is 9.50. The summed E-state index contributed by atoms with van der Waals surface area (Å²) in [6, 6.07) is 11.7. The molecule has 0 bridgehead atoms. The Morgan fingerprint density at radius 3 is 2.57 bits per heavy atom. The minimum Gasteiger partial charge on any atom is -0.494 e.